The summed E-state index contributed by atoms with van der Waals surface area (Å²) in [5.41, 5.74) is 2.56. The number of nitrogens with zero attached hydrogens (tertiary/aromatic N) is 3. The molecule has 0 saturated carbocycles. The third-order valence-electron chi connectivity index (χ3n) is 4.49. The lowest BCUT2D eigenvalue weighted by Crippen LogP contribution is -2.00. The third-order valence-corrected chi connectivity index (χ3v) is 4.72. The summed E-state index contributed by atoms with van der Waals surface area (Å²) in [6.45, 7) is 0. The minimum atomic E-state index is -0.319. The lowest BCUT2D eigenvalue weighted by Gasteiger charge is -2.14. The van der Waals surface area contributed by atoms with E-state index in [4.69, 9.17) is 16.3 Å². The summed E-state index contributed by atoms with van der Waals surface area (Å²) in [5, 5.41) is 0.545. The predicted octanol–water partition coefficient (Wildman–Crippen LogP) is 5.33. The van der Waals surface area contributed by atoms with Gasteiger partial charge in [0.25, 0.3) is 0 Å². The summed E-state index contributed by atoms with van der Waals surface area (Å²) in [4.78, 5) is 8.44. The van der Waals surface area contributed by atoms with Gasteiger partial charge in [0.2, 0.25) is 0 Å². The van der Waals surface area contributed by atoms with E-state index in [0.29, 0.717) is 33.9 Å². The van der Waals surface area contributed by atoms with E-state index in [9.17, 15) is 0 Å². The molecule has 4 nitrogen and oxygen atoms in total. The Morgan fingerprint density at radius 3 is 2.71 bits per heavy atom. The molecule has 2 aromatic carbocycles. The first-order valence-electron chi connectivity index (χ1n) is 8.70. The van der Waals surface area contributed by atoms with Crippen molar-refractivity contribution in [3.05, 3.63) is 95.4 Å². The maximum Gasteiger partial charge on any atom is 0.138 e. The Labute approximate surface area is 167 Å². The SMILES string of the molecule is COc1ccc(Cc2ccc(-n3ccnc3)nc2)c(F)c1-c1cccc(Cl)c1. The molecule has 0 aliphatic rings. The van der Waals surface area contributed by atoms with E-state index >= 15 is 4.39 Å². The van der Waals surface area contributed by atoms with E-state index in [-0.39, 0.29) is 5.82 Å². The maximum absolute atomic E-state index is 15.4. The molecule has 140 valence electrons. The number of imidazole rings is 1. The van der Waals surface area contributed by atoms with Crippen LogP contribution < -0.4 is 4.74 Å². The highest BCUT2D eigenvalue weighted by molar-refractivity contribution is 6.30. The van der Waals surface area contributed by atoms with Crippen molar-refractivity contribution in [1.29, 1.82) is 0 Å². The largest absolute Gasteiger partial charge is 0.496 e. The molecule has 28 heavy (non-hydrogen) atoms. The van der Waals surface area contributed by atoms with Gasteiger partial charge in [-0.3, -0.25) is 4.57 Å². The third kappa shape index (κ3) is 3.62. The van der Waals surface area contributed by atoms with Crippen LogP contribution >= 0.6 is 11.6 Å². The molecular formula is C22H17ClFN3O. The Balaban J connectivity index is 1.68. The Kier molecular flexibility index (Phi) is 5.08. The fourth-order valence-corrected chi connectivity index (χ4v) is 3.30. The van der Waals surface area contributed by atoms with Gasteiger partial charge in [0, 0.05) is 30.0 Å². The summed E-state index contributed by atoms with van der Waals surface area (Å²) in [6, 6.07) is 14.4. The molecule has 0 radical (unpaired) electrons. The monoisotopic (exact) mass is 393 g/mol. The molecule has 0 bridgehead atoms. The first-order valence-corrected chi connectivity index (χ1v) is 9.08. The van der Waals surface area contributed by atoms with E-state index in [2.05, 4.69) is 9.97 Å². The van der Waals surface area contributed by atoms with Gasteiger partial charge in [-0.05, 0) is 41.0 Å². The zero-order valence-electron chi connectivity index (χ0n) is 15.1. The highest BCUT2D eigenvalue weighted by Crippen LogP contribution is 2.36. The van der Waals surface area contributed by atoms with Crippen molar-refractivity contribution in [2.24, 2.45) is 0 Å². The van der Waals surface area contributed by atoms with E-state index < -0.39 is 0 Å². The van der Waals surface area contributed by atoms with Crippen molar-refractivity contribution < 1.29 is 9.13 Å². The summed E-state index contributed by atoms with van der Waals surface area (Å²) in [6.07, 6.45) is 7.36. The highest BCUT2D eigenvalue weighted by atomic mass is 35.5. The van der Waals surface area contributed by atoms with Crippen molar-refractivity contribution in [3.63, 3.8) is 0 Å². The number of ether oxygens (including phenoxy) is 1. The molecule has 0 N–H and O–H groups in total. The van der Waals surface area contributed by atoms with Gasteiger partial charge in [0.1, 0.15) is 23.7 Å². The summed E-state index contributed by atoms with van der Waals surface area (Å²) >= 11 is 6.09. The maximum atomic E-state index is 15.4. The van der Waals surface area contributed by atoms with E-state index in [1.165, 1.54) is 7.11 Å². The highest BCUT2D eigenvalue weighted by Gasteiger charge is 2.17. The fraction of sp³-hybridized carbons (Fsp3) is 0.0909. The number of pyridine rings is 1. The molecule has 0 spiro atoms. The topological polar surface area (TPSA) is 39.9 Å². The number of rotatable bonds is 5. The average Bonchev–Trinajstić information content (AvgIpc) is 3.24. The van der Waals surface area contributed by atoms with E-state index in [0.717, 1.165) is 11.4 Å². The van der Waals surface area contributed by atoms with Crippen molar-refractivity contribution in [2.75, 3.05) is 7.11 Å². The lowest BCUT2D eigenvalue weighted by molar-refractivity contribution is 0.413. The van der Waals surface area contributed by atoms with Crippen LogP contribution in [0.15, 0.2) is 73.4 Å². The molecule has 0 fully saturated rings. The molecule has 0 amide bonds. The second-order valence-corrected chi connectivity index (χ2v) is 6.73. The van der Waals surface area contributed by atoms with Gasteiger partial charge in [0.15, 0.2) is 0 Å². The molecule has 0 saturated heterocycles. The Morgan fingerprint density at radius 1 is 1.14 bits per heavy atom. The molecule has 0 unspecified atom stereocenters. The molecule has 4 rings (SSSR count). The Bertz CT molecular complexity index is 1100. The molecular weight excluding hydrogens is 377 g/mol. The second kappa shape index (κ2) is 7.82. The van der Waals surface area contributed by atoms with Crippen LogP contribution in [0, 0.1) is 5.82 Å². The zero-order chi connectivity index (χ0) is 19.5. The molecule has 0 aliphatic heterocycles. The Hall–Kier alpha value is -3.18. The minimum Gasteiger partial charge on any atom is -0.496 e. The first kappa shape index (κ1) is 18.2. The summed E-state index contributed by atoms with van der Waals surface area (Å²) in [5.74, 6) is 0.911. The second-order valence-electron chi connectivity index (χ2n) is 6.30. The van der Waals surface area contributed by atoms with Crippen LogP contribution in [-0.4, -0.2) is 21.6 Å². The normalized spacial score (nSPS) is 10.8. The molecule has 4 aromatic rings. The van der Waals surface area contributed by atoms with E-state index in [1.54, 1.807) is 49.1 Å². The minimum absolute atomic E-state index is 0.319. The smallest absolute Gasteiger partial charge is 0.138 e. The average molecular weight is 394 g/mol. The zero-order valence-corrected chi connectivity index (χ0v) is 15.9. The van der Waals surface area contributed by atoms with Crippen molar-refractivity contribution in [1.82, 2.24) is 14.5 Å². The van der Waals surface area contributed by atoms with Gasteiger partial charge in [-0.1, -0.05) is 35.9 Å². The number of hydrogen-bond donors (Lipinski definition) is 0. The standard InChI is InChI=1S/C22H17ClFN3O/c1-28-19-7-6-17(22(24)21(19)16-3-2-4-18(23)12-16)11-15-5-8-20(26-13-15)27-10-9-25-14-27/h2-10,12-14H,11H2,1H3. The fourth-order valence-electron chi connectivity index (χ4n) is 3.11. The van der Waals surface area contributed by atoms with Crippen LogP contribution in [0.25, 0.3) is 16.9 Å². The molecule has 2 aromatic heterocycles. The van der Waals surface area contributed by atoms with Crippen molar-refractivity contribution in [2.45, 2.75) is 6.42 Å². The number of halogens is 2. The number of hydrogen-bond acceptors (Lipinski definition) is 3. The van der Waals surface area contributed by atoms with Gasteiger partial charge in [0.05, 0.1) is 12.7 Å². The lowest BCUT2D eigenvalue weighted by atomic mass is 9.97. The Morgan fingerprint density at radius 2 is 2.04 bits per heavy atom. The first-order chi connectivity index (χ1) is 13.7. The van der Waals surface area contributed by atoms with Gasteiger partial charge in [-0.2, -0.15) is 0 Å². The predicted molar refractivity (Wildman–Crippen MR) is 108 cm³/mol. The molecule has 0 aliphatic carbocycles. The van der Waals surface area contributed by atoms with Gasteiger partial charge in [-0.25, -0.2) is 14.4 Å². The van der Waals surface area contributed by atoms with Crippen LogP contribution in [0.3, 0.4) is 0 Å². The van der Waals surface area contributed by atoms with Crippen LogP contribution in [0.2, 0.25) is 5.02 Å². The van der Waals surface area contributed by atoms with E-state index in [1.807, 2.05) is 29.0 Å². The number of aromatic nitrogens is 3. The number of benzene rings is 2. The summed E-state index contributed by atoms with van der Waals surface area (Å²) in [7, 11) is 1.53. The van der Waals surface area contributed by atoms with Crippen molar-refractivity contribution in [3.8, 4) is 22.7 Å². The van der Waals surface area contributed by atoms with Crippen molar-refractivity contribution >= 4 is 11.6 Å². The summed E-state index contributed by atoms with van der Waals surface area (Å²) < 4.78 is 22.6. The van der Waals surface area contributed by atoms with Crippen LogP contribution in [0.4, 0.5) is 4.39 Å². The van der Waals surface area contributed by atoms with Gasteiger partial charge in [-0.15, -0.1) is 0 Å². The van der Waals surface area contributed by atoms with Crippen LogP contribution in [-0.2, 0) is 6.42 Å². The van der Waals surface area contributed by atoms with Gasteiger partial charge >= 0.3 is 0 Å². The van der Waals surface area contributed by atoms with Crippen LogP contribution in [0.1, 0.15) is 11.1 Å². The number of methoxy groups -OCH3 is 1. The quantitative estimate of drug-likeness (QED) is 0.460. The molecule has 6 heteroatoms. The molecule has 0 atom stereocenters. The molecule has 2 heterocycles. The van der Waals surface area contributed by atoms with Gasteiger partial charge < -0.3 is 4.74 Å². The van der Waals surface area contributed by atoms with Crippen LogP contribution in [0.5, 0.6) is 5.75 Å².